The van der Waals surface area contributed by atoms with E-state index >= 15 is 0 Å². The molecule has 0 saturated carbocycles. The standard InChI is InChI=1S/C17H22N2S/c1-12-19-16(11-20-12)10-15(18)9-14-7-4-6-13-5-2-3-8-17(13)14/h2-3,5,8,11,14-15H,4,6-7,9-10,18H2,1H3. The number of aromatic nitrogens is 1. The number of hydrogen-bond donors (Lipinski definition) is 1. The molecule has 2 unspecified atom stereocenters. The Labute approximate surface area is 125 Å². The molecule has 0 aliphatic heterocycles. The first-order valence-corrected chi connectivity index (χ1v) is 8.34. The molecule has 106 valence electrons. The number of nitrogens with two attached hydrogens (primary N) is 1. The van der Waals surface area contributed by atoms with E-state index < -0.39 is 0 Å². The SMILES string of the molecule is Cc1nc(CC(N)CC2CCCc3ccccc32)cs1. The van der Waals surface area contributed by atoms with E-state index in [4.69, 9.17) is 5.73 Å². The van der Waals surface area contributed by atoms with Crippen LogP contribution >= 0.6 is 11.3 Å². The monoisotopic (exact) mass is 286 g/mol. The van der Waals surface area contributed by atoms with Crippen LogP contribution in [0.3, 0.4) is 0 Å². The van der Waals surface area contributed by atoms with Gasteiger partial charge in [0.05, 0.1) is 10.7 Å². The number of aryl methyl sites for hydroxylation is 2. The van der Waals surface area contributed by atoms with Gasteiger partial charge in [0.25, 0.3) is 0 Å². The Bertz CT molecular complexity index is 576. The van der Waals surface area contributed by atoms with Crippen LogP contribution in [0.5, 0.6) is 0 Å². The first-order valence-electron chi connectivity index (χ1n) is 7.47. The molecule has 0 bridgehead atoms. The highest BCUT2D eigenvalue weighted by atomic mass is 32.1. The minimum absolute atomic E-state index is 0.215. The van der Waals surface area contributed by atoms with Crippen molar-refractivity contribution in [1.29, 1.82) is 0 Å². The molecule has 1 aliphatic carbocycles. The molecule has 2 atom stereocenters. The molecule has 2 nitrogen and oxygen atoms in total. The van der Waals surface area contributed by atoms with Crippen LogP contribution in [0.25, 0.3) is 0 Å². The smallest absolute Gasteiger partial charge is 0.0897 e. The van der Waals surface area contributed by atoms with Crippen LogP contribution < -0.4 is 5.73 Å². The molecule has 1 aromatic carbocycles. The molecule has 0 radical (unpaired) electrons. The predicted molar refractivity (Wildman–Crippen MR) is 85.3 cm³/mol. The summed E-state index contributed by atoms with van der Waals surface area (Å²) in [6.07, 6.45) is 5.79. The van der Waals surface area contributed by atoms with Gasteiger partial charge in [0, 0.05) is 17.8 Å². The Kier molecular flexibility index (Phi) is 4.18. The molecular formula is C17H22N2S. The van der Waals surface area contributed by atoms with E-state index in [0.717, 1.165) is 23.5 Å². The third-order valence-corrected chi connectivity index (χ3v) is 5.04. The summed E-state index contributed by atoms with van der Waals surface area (Å²) >= 11 is 1.71. The number of fused-ring (bicyclic) bond motifs is 1. The van der Waals surface area contributed by atoms with Crippen LogP contribution in [0.15, 0.2) is 29.6 Å². The van der Waals surface area contributed by atoms with Gasteiger partial charge in [0.2, 0.25) is 0 Å². The largest absolute Gasteiger partial charge is 0.327 e. The highest BCUT2D eigenvalue weighted by Gasteiger charge is 2.22. The summed E-state index contributed by atoms with van der Waals surface area (Å²) < 4.78 is 0. The number of rotatable bonds is 4. The van der Waals surface area contributed by atoms with Crippen molar-refractivity contribution in [2.24, 2.45) is 5.73 Å². The zero-order valence-electron chi connectivity index (χ0n) is 12.0. The lowest BCUT2D eigenvalue weighted by molar-refractivity contribution is 0.464. The molecule has 2 aromatic rings. The van der Waals surface area contributed by atoms with E-state index in [2.05, 4.69) is 41.6 Å². The molecule has 0 amide bonds. The molecule has 1 aromatic heterocycles. The van der Waals surface area contributed by atoms with Gasteiger partial charge in [-0.25, -0.2) is 4.98 Å². The molecule has 20 heavy (non-hydrogen) atoms. The van der Waals surface area contributed by atoms with E-state index in [1.165, 1.54) is 30.4 Å². The normalized spacial score (nSPS) is 19.6. The summed E-state index contributed by atoms with van der Waals surface area (Å²) in [6, 6.07) is 9.09. The molecule has 0 fully saturated rings. The topological polar surface area (TPSA) is 38.9 Å². The maximum absolute atomic E-state index is 6.37. The van der Waals surface area contributed by atoms with Gasteiger partial charge < -0.3 is 5.73 Å². The van der Waals surface area contributed by atoms with Crippen LogP contribution in [0.1, 0.15) is 47.0 Å². The Balaban J connectivity index is 1.66. The zero-order chi connectivity index (χ0) is 13.9. The molecule has 1 heterocycles. The van der Waals surface area contributed by atoms with Crippen molar-refractivity contribution in [2.45, 2.75) is 51.0 Å². The Morgan fingerprint density at radius 3 is 3.05 bits per heavy atom. The number of hydrogen-bond acceptors (Lipinski definition) is 3. The van der Waals surface area contributed by atoms with Gasteiger partial charge in [-0.1, -0.05) is 24.3 Å². The minimum atomic E-state index is 0.215. The fourth-order valence-corrected chi connectivity index (χ4v) is 3.94. The fraction of sp³-hybridized carbons (Fsp3) is 0.471. The van der Waals surface area contributed by atoms with E-state index in [1.807, 2.05) is 0 Å². The first kappa shape index (κ1) is 13.8. The Hall–Kier alpha value is -1.19. The van der Waals surface area contributed by atoms with Crippen LogP contribution in [0.2, 0.25) is 0 Å². The summed E-state index contributed by atoms with van der Waals surface area (Å²) in [5.41, 5.74) is 10.6. The second-order valence-corrected chi connectivity index (χ2v) is 6.91. The van der Waals surface area contributed by atoms with E-state index in [0.29, 0.717) is 5.92 Å². The minimum Gasteiger partial charge on any atom is -0.327 e. The molecule has 1 aliphatic rings. The highest BCUT2D eigenvalue weighted by molar-refractivity contribution is 7.09. The van der Waals surface area contributed by atoms with E-state index in [9.17, 15) is 0 Å². The molecule has 3 heteroatoms. The summed E-state index contributed by atoms with van der Waals surface area (Å²) in [6.45, 7) is 2.05. The van der Waals surface area contributed by atoms with Gasteiger partial charge in [-0.15, -0.1) is 11.3 Å². The quantitative estimate of drug-likeness (QED) is 0.927. The lowest BCUT2D eigenvalue weighted by Gasteiger charge is -2.27. The predicted octanol–water partition coefficient (Wildman–Crippen LogP) is 3.83. The van der Waals surface area contributed by atoms with E-state index in [1.54, 1.807) is 11.3 Å². The number of thiazole rings is 1. The summed E-state index contributed by atoms with van der Waals surface area (Å²) in [5.74, 6) is 0.634. The van der Waals surface area contributed by atoms with Gasteiger partial charge in [0.15, 0.2) is 0 Å². The number of benzene rings is 1. The van der Waals surface area contributed by atoms with Crippen molar-refractivity contribution in [3.05, 3.63) is 51.5 Å². The van der Waals surface area contributed by atoms with Gasteiger partial charge in [-0.05, 0) is 49.7 Å². The third-order valence-electron chi connectivity index (χ3n) is 4.22. The fourth-order valence-electron chi connectivity index (χ4n) is 3.32. The molecular weight excluding hydrogens is 264 g/mol. The number of nitrogens with zero attached hydrogens (tertiary/aromatic N) is 1. The van der Waals surface area contributed by atoms with Gasteiger partial charge >= 0.3 is 0 Å². The van der Waals surface area contributed by atoms with Crippen molar-refractivity contribution in [2.75, 3.05) is 0 Å². The van der Waals surface area contributed by atoms with Gasteiger partial charge in [-0.2, -0.15) is 0 Å². The van der Waals surface area contributed by atoms with Crippen LogP contribution in [-0.2, 0) is 12.8 Å². The first-order chi connectivity index (χ1) is 9.72. The summed E-state index contributed by atoms with van der Waals surface area (Å²) in [4.78, 5) is 4.53. The molecule has 2 N–H and O–H groups in total. The highest BCUT2D eigenvalue weighted by Crippen LogP contribution is 2.34. The van der Waals surface area contributed by atoms with Crippen LogP contribution in [-0.4, -0.2) is 11.0 Å². The van der Waals surface area contributed by atoms with Crippen molar-refractivity contribution >= 4 is 11.3 Å². The van der Waals surface area contributed by atoms with Crippen molar-refractivity contribution < 1.29 is 0 Å². The summed E-state index contributed by atoms with van der Waals surface area (Å²) in [7, 11) is 0. The maximum Gasteiger partial charge on any atom is 0.0897 e. The third kappa shape index (κ3) is 3.10. The van der Waals surface area contributed by atoms with Crippen LogP contribution in [0.4, 0.5) is 0 Å². The summed E-state index contributed by atoms with van der Waals surface area (Å²) in [5, 5.41) is 3.28. The van der Waals surface area contributed by atoms with Crippen molar-refractivity contribution in [1.82, 2.24) is 4.98 Å². The average Bonchev–Trinajstić information content (AvgIpc) is 2.84. The molecule has 0 spiro atoms. The molecule has 0 saturated heterocycles. The average molecular weight is 286 g/mol. The van der Waals surface area contributed by atoms with E-state index in [-0.39, 0.29) is 6.04 Å². The molecule has 3 rings (SSSR count). The van der Waals surface area contributed by atoms with Gasteiger partial charge in [-0.3, -0.25) is 0 Å². The van der Waals surface area contributed by atoms with Gasteiger partial charge in [0.1, 0.15) is 0 Å². The Morgan fingerprint density at radius 1 is 1.40 bits per heavy atom. The lowest BCUT2D eigenvalue weighted by Crippen LogP contribution is -2.27. The maximum atomic E-state index is 6.37. The van der Waals surface area contributed by atoms with Crippen LogP contribution in [0, 0.1) is 6.92 Å². The Morgan fingerprint density at radius 2 is 2.25 bits per heavy atom. The van der Waals surface area contributed by atoms with Crippen molar-refractivity contribution in [3.8, 4) is 0 Å². The zero-order valence-corrected chi connectivity index (χ0v) is 12.8. The lowest BCUT2D eigenvalue weighted by atomic mass is 9.79. The van der Waals surface area contributed by atoms with Crippen molar-refractivity contribution in [3.63, 3.8) is 0 Å². The second kappa shape index (κ2) is 6.06. The second-order valence-electron chi connectivity index (χ2n) is 5.85.